The van der Waals surface area contributed by atoms with Crippen LogP contribution in [-0.2, 0) is 50.4 Å². The van der Waals surface area contributed by atoms with Crippen molar-refractivity contribution < 1.29 is 18.7 Å². The number of ether oxygens (including phenoxy) is 2. The molecule has 8 nitrogen and oxygen atoms in total. The summed E-state index contributed by atoms with van der Waals surface area (Å²) in [6, 6.07) is 15.0. The number of aryl methyl sites for hydroxylation is 7. The van der Waals surface area contributed by atoms with E-state index >= 15 is 0 Å². The molecular weight excluding hydrogens is 661 g/mol. The molecule has 0 unspecified atom stereocenters. The molecule has 0 N–H and O–H groups in total. The Hall–Kier alpha value is -4.28. The zero-order chi connectivity index (χ0) is 34.4. The molecule has 3 aromatic heterocycles. The first-order chi connectivity index (χ1) is 23.6. The fourth-order valence-electron chi connectivity index (χ4n) is 7.21. The number of carbonyl (C=O) groups excluding carboxylic acids is 1. The van der Waals surface area contributed by atoms with Gasteiger partial charge in [0.25, 0.3) is 0 Å². The number of halogens is 2. The lowest BCUT2D eigenvalue weighted by molar-refractivity contribution is 0.0588. The maximum atomic E-state index is 14.3. The Labute approximate surface area is 294 Å². The molecule has 0 spiro atoms. The van der Waals surface area contributed by atoms with Gasteiger partial charge in [0.05, 0.1) is 35.6 Å². The van der Waals surface area contributed by atoms with Crippen molar-refractivity contribution in [3.63, 3.8) is 0 Å². The second-order valence-electron chi connectivity index (χ2n) is 12.7. The third-order valence-corrected chi connectivity index (χ3v) is 10.9. The molecule has 7 rings (SSSR count). The Morgan fingerprint density at radius 3 is 2.57 bits per heavy atom. The molecule has 0 aliphatic carbocycles. The number of esters is 1. The second kappa shape index (κ2) is 13.6. The number of carbonyl (C=O) groups is 1. The van der Waals surface area contributed by atoms with Gasteiger partial charge in [-0.2, -0.15) is 22.0 Å². The van der Waals surface area contributed by atoms with Gasteiger partial charge in [-0.05, 0) is 92.4 Å². The van der Waals surface area contributed by atoms with Crippen LogP contribution in [0.4, 0.5) is 4.39 Å². The van der Waals surface area contributed by atoms with E-state index in [1.165, 1.54) is 13.2 Å². The van der Waals surface area contributed by atoms with Crippen LogP contribution < -0.4 is 4.74 Å². The summed E-state index contributed by atoms with van der Waals surface area (Å²) < 4.78 is 32.1. The summed E-state index contributed by atoms with van der Waals surface area (Å²) in [5.41, 5.74) is 9.23. The first-order valence-corrected chi connectivity index (χ1v) is 18.0. The minimum atomic E-state index is -0.389. The van der Waals surface area contributed by atoms with Gasteiger partial charge in [0.1, 0.15) is 17.3 Å². The number of hydrogen-bond acceptors (Lipinski definition) is 6. The first kappa shape index (κ1) is 33.2. The Bertz CT molecular complexity index is 2240. The van der Waals surface area contributed by atoms with Crippen LogP contribution in [0.2, 0.25) is 5.02 Å². The van der Waals surface area contributed by atoms with E-state index in [4.69, 9.17) is 31.3 Å². The monoisotopic (exact) mass is 699 g/mol. The predicted octanol–water partition coefficient (Wildman–Crippen LogP) is 8.17. The minimum absolute atomic E-state index is 0.280. The van der Waals surface area contributed by atoms with Crippen LogP contribution in [0.15, 0.2) is 48.5 Å². The third-order valence-electron chi connectivity index (χ3n) is 9.59. The van der Waals surface area contributed by atoms with Gasteiger partial charge in [-0.15, -0.1) is 0 Å². The van der Waals surface area contributed by atoms with E-state index in [1.54, 1.807) is 23.9 Å². The second-order valence-corrected chi connectivity index (χ2v) is 14.2. The summed E-state index contributed by atoms with van der Waals surface area (Å²) in [5, 5.41) is 12.7. The van der Waals surface area contributed by atoms with E-state index in [1.807, 2.05) is 55.5 Å². The molecule has 1 aliphatic heterocycles. The topological polar surface area (TPSA) is 76.1 Å². The predicted molar refractivity (Wildman–Crippen MR) is 194 cm³/mol. The summed E-state index contributed by atoms with van der Waals surface area (Å²) in [6.07, 6.45) is 2.79. The quantitative estimate of drug-likeness (QED) is 0.170. The molecule has 0 amide bonds. The maximum absolute atomic E-state index is 14.3. The average molecular weight is 700 g/mol. The maximum Gasteiger partial charge on any atom is 0.354 e. The highest BCUT2D eigenvalue weighted by atomic mass is 35.5. The van der Waals surface area contributed by atoms with Gasteiger partial charge in [0.15, 0.2) is 0 Å². The molecular formula is C38H39ClFN5O3S. The number of thioether (sulfide) groups is 1. The van der Waals surface area contributed by atoms with E-state index in [9.17, 15) is 9.18 Å². The van der Waals surface area contributed by atoms with E-state index < -0.39 is 0 Å². The SMILES string of the molecule is COC(=O)c1c2c3ccc(Cl)c(-c4c(C)nn(C)c4C)c3n1CCSCc1cc(n(C)n1)CCc1cc(c3ccc(F)cc3c1)OCCC2. The smallest absolute Gasteiger partial charge is 0.354 e. The first-order valence-electron chi connectivity index (χ1n) is 16.5. The van der Waals surface area contributed by atoms with Gasteiger partial charge in [0, 0.05) is 65.4 Å². The zero-order valence-corrected chi connectivity index (χ0v) is 30.0. The highest BCUT2D eigenvalue weighted by molar-refractivity contribution is 7.98. The molecule has 1 aliphatic rings. The molecule has 49 heavy (non-hydrogen) atoms. The van der Waals surface area contributed by atoms with Gasteiger partial charge >= 0.3 is 5.97 Å². The van der Waals surface area contributed by atoms with Crippen molar-refractivity contribution in [3.8, 4) is 16.9 Å². The van der Waals surface area contributed by atoms with Crippen LogP contribution in [0.1, 0.15) is 50.8 Å². The van der Waals surface area contributed by atoms with Crippen LogP contribution in [0.5, 0.6) is 5.75 Å². The van der Waals surface area contributed by atoms with Crippen LogP contribution in [-0.4, -0.2) is 49.6 Å². The molecule has 0 fully saturated rings. The Balaban J connectivity index is 1.37. The van der Waals surface area contributed by atoms with Crippen LogP contribution in [0.25, 0.3) is 32.8 Å². The van der Waals surface area contributed by atoms with Crippen molar-refractivity contribution in [2.24, 2.45) is 14.1 Å². The Morgan fingerprint density at radius 1 is 0.980 bits per heavy atom. The lowest BCUT2D eigenvalue weighted by Gasteiger charge is -2.14. The van der Waals surface area contributed by atoms with Gasteiger partial charge in [0.2, 0.25) is 0 Å². The molecule has 11 heteroatoms. The molecule has 0 saturated heterocycles. The van der Waals surface area contributed by atoms with Gasteiger partial charge in [-0.3, -0.25) is 9.36 Å². The lowest BCUT2D eigenvalue weighted by Crippen LogP contribution is -2.15. The number of rotatable bonds is 2. The summed E-state index contributed by atoms with van der Waals surface area (Å²) in [5.74, 6) is 1.53. The van der Waals surface area contributed by atoms with Crippen molar-refractivity contribution in [2.75, 3.05) is 19.5 Å². The van der Waals surface area contributed by atoms with Crippen LogP contribution in [0, 0.1) is 19.7 Å². The van der Waals surface area contributed by atoms with Crippen molar-refractivity contribution in [3.05, 3.63) is 99.0 Å². The van der Waals surface area contributed by atoms with E-state index in [0.29, 0.717) is 36.7 Å². The molecule has 0 saturated carbocycles. The molecule has 4 heterocycles. The zero-order valence-electron chi connectivity index (χ0n) is 28.4. The van der Waals surface area contributed by atoms with Crippen molar-refractivity contribution in [2.45, 2.75) is 51.8 Å². The van der Waals surface area contributed by atoms with Gasteiger partial charge in [-0.1, -0.05) is 23.7 Å². The fourth-order valence-corrected chi connectivity index (χ4v) is 8.27. The van der Waals surface area contributed by atoms with Crippen molar-refractivity contribution in [1.29, 1.82) is 0 Å². The van der Waals surface area contributed by atoms with Gasteiger partial charge in [-0.25, -0.2) is 9.18 Å². The largest absolute Gasteiger partial charge is 0.493 e. The molecule has 6 bridgehead atoms. The Kier molecular flexibility index (Phi) is 9.19. The molecule has 0 radical (unpaired) electrons. The number of aromatic nitrogens is 5. The summed E-state index contributed by atoms with van der Waals surface area (Å²) in [6.45, 7) is 5.01. The van der Waals surface area contributed by atoms with E-state index in [0.717, 1.165) is 96.8 Å². The molecule has 3 aromatic carbocycles. The molecule has 254 valence electrons. The normalized spacial score (nSPS) is 14.3. The van der Waals surface area contributed by atoms with Crippen molar-refractivity contribution >= 4 is 51.0 Å². The van der Waals surface area contributed by atoms with Crippen LogP contribution in [0.3, 0.4) is 0 Å². The minimum Gasteiger partial charge on any atom is -0.493 e. The number of benzene rings is 3. The fraction of sp³-hybridized carbons (Fsp3) is 0.342. The highest BCUT2D eigenvalue weighted by Crippen LogP contribution is 2.42. The standard InChI is InChI=1S/C38H39ClFN5O3S/c1-22-34(23(2)43(3)41-22)35-32(39)13-12-31-30-7-6-15-48-33-18-24(17-25-19-26(40)9-11-29(25)33)8-10-28-20-27(42-44(28)4)21-49-16-14-45(36(31)35)37(30)38(46)47-5/h9,11-13,17-20H,6-8,10,14-16,21H2,1-5H3. The van der Waals surface area contributed by atoms with E-state index in [-0.39, 0.29) is 11.8 Å². The summed E-state index contributed by atoms with van der Waals surface area (Å²) in [4.78, 5) is 13.7. The third kappa shape index (κ3) is 6.21. The number of hydrogen-bond donors (Lipinski definition) is 0. The highest BCUT2D eigenvalue weighted by Gasteiger charge is 2.28. The molecule has 0 atom stereocenters. The lowest BCUT2D eigenvalue weighted by atomic mass is 9.98. The van der Waals surface area contributed by atoms with Gasteiger partial charge < -0.3 is 14.0 Å². The average Bonchev–Trinajstić information content (AvgIpc) is 3.68. The molecule has 6 aromatic rings. The van der Waals surface area contributed by atoms with Crippen LogP contribution >= 0.6 is 23.4 Å². The Morgan fingerprint density at radius 2 is 1.80 bits per heavy atom. The number of fused-ring (bicyclic) bond motifs is 11. The van der Waals surface area contributed by atoms with E-state index in [2.05, 4.69) is 16.7 Å². The summed E-state index contributed by atoms with van der Waals surface area (Å²) in [7, 11) is 5.33. The number of methoxy groups -OCH3 is 1. The van der Waals surface area contributed by atoms with Crippen molar-refractivity contribution in [1.82, 2.24) is 24.1 Å². The number of nitrogens with zero attached hydrogens (tertiary/aromatic N) is 5. The summed E-state index contributed by atoms with van der Waals surface area (Å²) >= 11 is 8.82.